The lowest BCUT2D eigenvalue weighted by Gasteiger charge is -2.29. The first-order valence-electron chi connectivity index (χ1n) is 6.62. The Hall–Kier alpha value is -1.01. The molecule has 0 saturated heterocycles. The first kappa shape index (κ1) is 13.4. The smallest absolute Gasteiger partial charge is 0.103 e. The molecule has 0 atom stereocenters. The van der Waals surface area contributed by atoms with Gasteiger partial charge in [0.25, 0.3) is 0 Å². The molecule has 1 fully saturated rings. The Morgan fingerprint density at radius 2 is 2.06 bits per heavy atom. The summed E-state index contributed by atoms with van der Waals surface area (Å²) >= 11 is 3.45. The summed E-state index contributed by atoms with van der Waals surface area (Å²) in [6.45, 7) is 1.06. The van der Waals surface area contributed by atoms with Gasteiger partial charge >= 0.3 is 0 Å². The van der Waals surface area contributed by atoms with Gasteiger partial charge in [-0.15, -0.1) is 0 Å². The summed E-state index contributed by atoms with van der Waals surface area (Å²) in [5, 5.41) is 9.25. The van der Waals surface area contributed by atoms with Crippen LogP contribution in [0.4, 0.5) is 5.69 Å². The van der Waals surface area contributed by atoms with E-state index in [0.717, 1.165) is 28.2 Å². The van der Waals surface area contributed by atoms with Crippen molar-refractivity contribution < 1.29 is 0 Å². The van der Waals surface area contributed by atoms with Crippen LogP contribution in [0.2, 0.25) is 0 Å². The third-order valence-corrected chi connectivity index (χ3v) is 4.43. The Balaban J connectivity index is 2.11. The zero-order valence-electron chi connectivity index (χ0n) is 10.8. The number of nitriles is 1. The van der Waals surface area contributed by atoms with Crippen molar-refractivity contribution in [3.8, 4) is 6.07 Å². The maximum atomic E-state index is 9.25. The molecule has 3 heteroatoms. The Morgan fingerprint density at radius 1 is 1.33 bits per heavy atom. The fourth-order valence-corrected chi connectivity index (χ4v) is 3.24. The normalized spacial score (nSPS) is 16.3. The molecular formula is C15H19BrN2. The molecule has 0 heterocycles. The molecule has 2 rings (SSSR count). The molecule has 0 unspecified atom stereocenters. The molecule has 1 aliphatic rings. The largest absolute Gasteiger partial charge is 0.373 e. The van der Waals surface area contributed by atoms with Crippen LogP contribution in [0.5, 0.6) is 0 Å². The van der Waals surface area contributed by atoms with Crippen molar-refractivity contribution in [3.05, 3.63) is 28.2 Å². The number of hydrogen-bond donors (Lipinski definition) is 0. The van der Waals surface area contributed by atoms with Crippen LogP contribution in [0.15, 0.2) is 22.7 Å². The van der Waals surface area contributed by atoms with Crippen molar-refractivity contribution in [3.63, 3.8) is 0 Å². The van der Waals surface area contributed by atoms with Crippen molar-refractivity contribution in [2.75, 3.05) is 18.5 Å². The molecule has 96 valence electrons. The number of rotatable bonds is 3. The lowest BCUT2D eigenvalue weighted by molar-refractivity contribution is 0.362. The van der Waals surface area contributed by atoms with Crippen LogP contribution < -0.4 is 4.90 Å². The molecule has 0 aliphatic heterocycles. The standard InChI is InChI=1S/C15H19BrN2/c1-18(11-12-6-3-2-4-7-12)15-9-5-8-14(16)13(15)10-17/h5,8-9,12H,2-4,6-7,11H2,1H3. The van der Waals surface area contributed by atoms with Crippen molar-refractivity contribution in [2.24, 2.45) is 5.92 Å². The molecule has 0 aromatic heterocycles. The summed E-state index contributed by atoms with van der Waals surface area (Å²) in [5.74, 6) is 0.786. The molecule has 0 bridgehead atoms. The van der Waals surface area contributed by atoms with E-state index in [4.69, 9.17) is 0 Å². The molecule has 0 radical (unpaired) electrons. The minimum Gasteiger partial charge on any atom is -0.373 e. The number of hydrogen-bond acceptors (Lipinski definition) is 2. The van der Waals surface area contributed by atoms with E-state index >= 15 is 0 Å². The number of anilines is 1. The van der Waals surface area contributed by atoms with Gasteiger partial charge in [-0.25, -0.2) is 0 Å². The molecule has 1 aromatic rings. The first-order chi connectivity index (χ1) is 8.72. The van der Waals surface area contributed by atoms with Crippen LogP contribution in [0.1, 0.15) is 37.7 Å². The van der Waals surface area contributed by atoms with E-state index in [-0.39, 0.29) is 0 Å². The van der Waals surface area contributed by atoms with Gasteiger partial charge in [0.15, 0.2) is 0 Å². The summed E-state index contributed by atoms with van der Waals surface area (Å²) in [6, 6.07) is 8.25. The van der Waals surface area contributed by atoms with Crippen LogP contribution in [0.3, 0.4) is 0 Å². The molecule has 0 spiro atoms. The topological polar surface area (TPSA) is 27.0 Å². The van der Waals surface area contributed by atoms with E-state index in [1.807, 2.05) is 18.2 Å². The van der Waals surface area contributed by atoms with Crippen LogP contribution in [0, 0.1) is 17.2 Å². The van der Waals surface area contributed by atoms with Crippen molar-refractivity contribution in [1.82, 2.24) is 0 Å². The molecular weight excluding hydrogens is 288 g/mol. The van der Waals surface area contributed by atoms with E-state index in [2.05, 4.69) is 33.9 Å². The van der Waals surface area contributed by atoms with Crippen LogP contribution in [-0.4, -0.2) is 13.6 Å². The Kier molecular flexibility index (Phi) is 4.66. The van der Waals surface area contributed by atoms with Crippen molar-refractivity contribution in [1.29, 1.82) is 5.26 Å². The highest BCUT2D eigenvalue weighted by atomic mass is 79.9. The Labute approximate surface area is 118 Å². The third kappa shape index (κ3) is 3.05. The maximum absolute atomic E-state index is 9.25. The van der Waals surface area contributed by atoms with E-state index in [1.165, 1.54) is 32.1 Å². The van der Waals surface area contributed by atoms with Gasteiger partial charge in [-0.05, 0) is 46.8 Å². The fraction of sp³-hybridized carbons (Fsp3) is 0.533. The lowest BCUT2D eigenvalue weighted by Crippen LogP contribution is -2.27. The molecule has 1 aliphatic carbocycles. The molecule has 1 saturated carbocycles. The van der Waals surface area contributed by atoms with Gasteiger partial charge in [0.2, 0.25) is 0 Å². The van der Waals surface area contributed by atoms with Gasteiger partial charge in [0, 0.05) is 18.1 Å². The van der Waals surface area contributed by atoms with Crippen LogP contribution in [-0.2, 0) is 0 Å². The van der Waals surface area contributed by atoms with Crippen molar-refractivity contribution in [2.45, 2.75) is 32.1 Å². The van der Waals surface area contributed by atoms with E-state index in [9.17, 15) is 5.26 Å². The minimum absolute atomic E-state index is 0.746. The predicted molar refractivity (Wildman–Crippen MR) is 78.7 cm³/mol. The van der Waals surface area contributed by atoms with Gasteiger partial charge in [-0.1, -0.05) is 25.3 Å². The molecule has 18 heavy (non-hydrogen) atoms. The Bertz CT molecular complexity index is 444. The zero-order valence-corrected chi connectivity index (χ0v) is 12.4. The maximum Gasteiger partial charge on any atom is 0.103 e. The zero-order chi connectivity index (χ0) is 13.0. The second kappa shape index (κ2) is 6.24. The van der Waals surface area contributed by atoms with Gasteiger partial charge in [-0.3, -0.25) is 0 Å². The van der Waals surface area contributed by atoms with Gasteiger partial charge < -0.3 is 4.90 Å². The average Bonchev–Trinajstić information content (AvgIpc) is 2.39. The molecule has 2 nitrogen and oxygen atoms in total. The molecule has 0 N–H and O–H groups in total. The fourth-order valence-electron chi connectivity index (χ4n) is 2.80. The quantitative estimate of drug-likeness (QED) is 0.830. The number of benzene rings is 1. The van der Waals surface area contributed by atoms with Crippen LogP contribution >= 0.6 is 15.9 Å². The van der Waals surface area contributed by atoms with Crippen LogP contribution in [0.25, 0.3) is 0 Å². The summed E-state index contributed by atoms with van der Waals surface area (Å²) < 4.78 is 0.887. The molecule has 0 amide bonds. The highest BCUT2D eigenvalue weighted by Crippen LogP contribution is 2.29. The summed E-state index contributed by atoms with van der Waals surface area (Å²) in [5.41, 5.74) is 1.79. The Morgan fingerprint density at radius 3 is 2.72 bits per heavy atom. The minimum atomic E-state index is 0.746. The lowest BCUT2D eigenvalue weighted by atomic mass is 9.89. The summed E-state index contributed by atoms with van der Waals surface area (Å²) in [7, 11) is 2.09. The third-order valence-electron chi connectivity index (χ3n) is 3.77. The summed E-state index contributed by atoms with van der Waals surface area (Å²) in [6.07, 6.45) is 6.78. The van der Waals surface area contributed by atoms with Crippen molar-refractivity contribution >= 4 is 21.6 Å². The first-order valence-corrected chi connectivity index (χ1v) is 7.41. The van der Waals surface area contributed by atoms with Gasteiger partial charge in [0.05, 0.1) is 11.3 Å². The molecule has 1 aromatic carbocycles. The SMILES string of the molecule is CN(CC1CCCCC1)c1cccc(Br)c1C#N. The number of nitrogens with zero attached hydrogens (tertiary/aromatic N) is 2. The van der Waals surface area contributed by atoms with E-state index in [1.54, 1.807) is 0 Å². The average molecular weight is 307 g/mol. The predicted octanol–water partition coefficient (Wildman–Crippen LogP) is 4.34. The number of halogens is 1. The van der Waals surface area contributed by atoms with E-state index < -0.39 is 0 Å². The highest BCUT2D eigenvalue weighted by Gasteiger charge is 2.17. The second-order valence-electron chi connectivity index (χ2n) is 5.13. The van der Waals surface area contributed by atoms with E-state index in [0.29, 0.717) is 0 Å². The second-order valence-corrected chi connectivity index (χ2v) is 5.98. The van der Waals surface area contributed by atoms with Gasteiger partial charge in [0.1, 0.15) is 6.07 Å². The highest BCUT2D eigenvalue weighted by molar-refractivity contribution is 9.10. The monoisotopic (exact) mass is 306 g/mol. The van der Waals surface area contributed by atoms with Gasteiger partial charge in [-0.2, -0.15) is 5.26 Å². The summed E-state index contributed by atoms with van der Waals surface area (Å²) in [4.78, 5) is 2.24.